The maximum atomic E-state index is 8.92. The van der Waals surface area contributed by atoms with E-state index in [4.69, 9.17) is 19.5 Å². The molecule has 1 aromatic rings. The highest BCUT2D eigenvalue weighted by molar-refractivity contribution is 5.36. The van der Waals surface area contributed by atoms with Crippen LogP contribution in [0, 0.1) is 16.7 Å². The van der Waals surface area contributed by atoms with E-state index in [1.807, 2.05) is 12.1 Å². The monoisotopic (exact) mass is 330 g/mol. The Hall–Kier alpha value is -1.61. The number of nitriles is 1. The molecule has 0 bridgehead atoms. The van der Waals surface area contributed by atoms with Crippen molar-refractivity contribution in [2.45, 2.75) is 38.3 Å². The Morgan fingerprint density at radius 1 is 1.38 bits per heavy atom. The van der Waals surface area contributed by atoms with Crippen LogP contribution in [0.3, 0.4) is 0 Å². The van der Waals surface area contributed by atoms with Gasteiger partial charge in [-0.2, -0.15) is 5.26 Å². The van der Waals surface area contributed by atoms with E-state index in [-0.39, 0.29) is 5.41 Å². The third-order valence-corrected chi connectivity index (χ3v) is 5.30. The lowest BCUT2D eigenvalue weighted by atomic mass is 9.57. The molecule has 1 heterocycles. The molecular weight excluding hydrogens is 304 g/mol. The normalized spacial score (nSPS) is 25.0. The molecule has 1 aromatic carbocycles. The number of nitrogens with zero attached hydrogens (tertiary/aromatic N) is 1. The van der Waals surface area contributed by atoms with Gasteiger partial charge in [-0.05, 0) is 44.4 Å². The van der Waals surface area contributed by atoms with Crippen molar-refractivity contribution < 1.29 is 14.2 Å². The zero-order valence-corrected chi connectivity index (χ0v) is 14.3. The van der Waals surface area contributed by atoms with Gasteiger partial charge in [0.1, 0.15) is 12.4 Å². The topological polar surface area (TPSA) is 63.5 Å². The Kier molecular flexibility index (Phi) is 5.72. The summed E-state index contributed by atoms with van der Waals surface area (Å²) < 4.78 is 17.2. The molecule has 1 saturated heterocycles. The van der Waals surface area contributed by atoms with Gasteiger partial charge in [-0.3, -0.25) is 0 Å². The first-order chi connectivity index (χ1) is 11.8. The van der Waals surface area contributed by atoms with Crippen molar-refractivity contribution >= 4 is 0 Å². The maximum Gasteiger partial charge on any atom is 0.120 e. The van der Waals surface area contributed by atoms with E-state index in [0.29, 0.717) is 24.3 Å². The molecule has 5 heteroatoms. The highest BCUT2D eigenvalue weighted by atomic mass is 16.5. The van der Waals surface area contributed by atoms with Crippen molar-refractivity contribution in [1.29, 1.82) is 5.26 Å². The molecule has 0 radical (unpaired) electrons. The minimum atomic E-state index is 0.231. The molecule has 2 atom stereocenters. The number of ether oxygens (including phenoxy) is 3. The van der Waals surface area contributed by atoms with Crippen molar-refractivity contribution in [3.63, 3.8) is 0 Å². The van der Waals surface area contributed by atoms with Crippen LogP contribution in [0.1, 0.15) is 31.7 Å². The largest absolute Gasteiger partial charge is 0.492 e. The van der Waals surface area contributed by atoms with Crippen molar-refractivity contribution in [2.75, 3.05) is 33.0 Å². The van der Waals surface area contributed by atoms with Crippen LogP contribution in [0.25, 0.3) is 0 Å². The van der Waals surface area contributed by atoms with E-state index in [1.54, 1.807) is 12.1 Å². The standard InChI is InChI=1S/C19H26N2O3/c1-2-23-18-13-17(19(18)6-9-22-10-7-19)21-8-11-24-16-5-3-4-15(12-16)14-20/h3-5,12,17-18,21H,2,6-11,13H2,1H3. The zero-order chi connectivity index (χ0) is 16.8. The Balaban J connectivity index is 1.47. The Morgan fingerprint density at radius 2 is 2.21 bits per heavy atom. The number of hydrogen-bond donors (Lipinski definition) is 1. The second kappa shape index (κ2) is 7.98. The predicted molar refractivity (Wildman–Crippen MR) is 91.0 cm³/mol. The van der Waals surface area contributed by atoms with Gasteiger partial charge in [0, 0.05) is 37.8 Å². The van der Waals surface area contributed by atoms with E-state index >= 15 is 0 Å². The van der Waals surface area contributed by atoms with Crippen LogP contribution in [-0.2, 0) is 9.47 Å². The lowest BCUT2D eigenvalue weighted by molar-refractivity contribution is -0.172. The van der Waals surface area contributed by atoms with Gasteiger partial charge in [-0.1, -0.05) is 6.07 Å². The minimum absolute atomic E-state index is 0.231. The molecule has 1 saturated carbocycles. The predicted octanol–water partition coefficient (Wildman–Crippen LogP) is 2.50. The number of rotatable bonds is 7. The molecule has 5 nitrogen and oxygen atoms in total. The molecule has 2 unspecified atom stereocenters. The average molecular weight is 330 g/mol. The Labute approximate surface area is 143 Å². The first-order valence-corrected chi connectivity index (χ1v) is 8.84. The molecule has 1 spiro atoms. The van der Waals surface area contributed by atoms with E-state index in [2.05, 4.69) is 18.3 Å². The fourth-order valence-electron chi connectivity index (χ4n) is 3.95. The fourth-order valence-corrected chi connectivity index (χ4v) is 3.95. The minimum Gasteiger partial charge on any atom is -0.492 e. The van der Waals surface area contributed by atoms with Crippen molar-refractivity contribution in [3.05, 3.63) is 29.8 Å². The molecule has 130 valence electrons. The molecule has 2 aliphatic rings. The molecule has 0 amide bonds. The SMILES string of the molecule is CCOC1CC(NCCOc2cccc(C#N)c2)C12CCOCC2. The van der Waals surface area contributed by atoms with Gasteiger partial charge in [-0.25, -0.2) is 0 Å². The van der Waals surface area contributed by atoms with Gasteiger partial charge in [0.15, 0.2) is 0 Å². The zero-order valence-electron chi connectivity index (χ0n) is 14.3. The molecule has 1 aliphatic heterocycles. The van der Waals surface area contributed by atoms with Gasteiger partial charge in [0.2, 0.25) is 0 Å². The third-order valence-electron chi connectivity index (χ3n) is 5.30. The Bertz CT molecular complexity index is 578. The van der Waals surface area contributed by atoms with Crippen molar-refractivity contribution in [3.8, 4) is 11.8 Å². The van der Waals surface area contributed by atoms with Crippen LogP contribution in [0.4, 0.5) is 0 Å². The van der Waals surface area contributed by atoms with Crippen LogP contribution >= 0.6 is 0 Å². The second-order valence-corrected chi connectivity index (χ2v) is 6.52. The molecule has 1 N–H and O–H groups in total. The van der Waals surface area contributed by atoms with Crippen LogP contribution in [0.5, 0.6) is 5.75 Å². The number of hydrogen-bond acceptors (Lipinski definition) is 5. The quantitative estimate of drug-likeness (QED) is 0.778. The summed E-state index contributed by atoms with van der Waals surface area (Å²) in [7, 11) is 0. The van der Waals surface area contributed by atoms with Crippen LogP contribution < -0.4 is 10.1 Å². The van der Waals surface area contributed by atoms with E-state index in [1.165, 1.54) is 0 Å². The molecule has 1 aliphatic carbocycles. The maximum absolute atomic E-state index is 8.92. The number of benzene rings is 1. The van der Waals surface area contributed by atoms with Gasteiger partial charge < -0.3 is 19.5 Å². The summed E-state index contributed by atoms with van der Waals surface area (Å²) in [5.74, 6) is 0.748. The molecule has 24 heavy (non-hydrogen) atoms. The molecular formula is C19H26N2O3. The summed E-state index contributed by atoms with van der Waals surface area (Å²) in [5.41, 5.74) is 0.856. The highest BCUT2D eigenvalue weighted by Gasteiger charge is 2.55. The molecule has 2 fully saturated rings. The van der Waals surface area contributed by atoms with Crippen LogP contribution in [0.2, 0.25) is 0 Å². The van der Waals surface area contributed by atoms with Gasteiger partial charge in [0.05, 0.1) is 17.7 Å². The summed E-state index contributed by atoms with van der Waals surface area (Å²) in [4.78, 5) is 0. The van der Waals surface area contributed by atoms with Gasteiger partial charge in [-0.15, -0.1) is 0 Å². The first kappa shape index (κ1) is 17.2. The average Bonchev–Trinajstić information content (AvgIpc) is 2.64. The highest BCUT2D eigenvalue weighted by Crippen LogP contribution is 2.50. The molecule has 3 rings (SSSR count). The number of nitrogens with one attached hydrogen (secondary N) is 1. The summed E-state index contributed by atoms with van der Waals surface area (Å²) in [6.45, 7) is 5.90. The fraction of sp³-hybridized carbons (Fsp3) is 0.632. The van der Waals surface area contributed by atoms with E-state index in [9.17, 15) is 0 Å². The smallest absolute Gasteiger partial charge is 0.120 e. The van der Waals surface area contributed by atoms with Crippen LogP contribution in [0.15, 0.2) is 24.3 Å². The van der Waals surface area contributed by atoms with E-state index < -0.39 is 0 Å². The molecule has 0 aromatic heterocycles. The lowest BCUT2D eigenvalue weighted by Crippen LogP contribution is -2.65. The van der Waals surface area contributed by atoms with Crippen molar-refractivity contribution in [1.82, 2.24) is 5.32 Å². The van der Waals surface area contributed by atoms with Gasteiger partial charge in [0.25, 0.3) is 0 Å². The first-order valence-electron chi connectivity index (χ1n) is 8.84. The summed E-state index contributed by atoms with van der Waals surface area (Å²) >= 11 is 0. The van der Waals surface area contributed by atoms with Crippen molar-refractivity contribution in [2.24, 2.45) is 5.41 Å². The summed E-state index contributed by atoms with van der Waals surface area (Å²) in [6.07, 6.45) is 3.57. The van der Waals surface area contributed by atoms with E-state index in [0.717, 1.165) is 51.4 Å². The third kappa shape index (κ3) is 3.56. The lowest BCUT2D eigenvalue weighted by Gasteiger charge is -2.57. The Morgan fingerprint density at radius 3 is 2.96 bits per heavy atom. The summed E-state index contributed by atoms with van der Waals surface area (Å²) in [6, 6.07) is 9.89. The van der Waals surface area contributed by atoms with Gasteiger partial charge >= 0.3 is 0 Å². The summed E-state index contributed by atoms with van der Waals surface area (Å²) in [5, 5.41) is 12.6. The second-order valence-electron chi connectivity index (χ2n) is 6.52. The van der Waals surface area contributed by atoms with Crippen LogP contribution in [-0.4, -0.2) is 45.1 Å².